The van der Waals surface area contributed by atoms with E-state index in [9.17, 15) is 43.8 Å². The lowest BCUT2D eigenvalue weighted by atomic mass is 9.99. The second-order valence-electron chi connectivity index (χ2n) is 13.6. The number of aliphatic imine (C=N–C) groups is 1. The van der Waals surface area contributed by atoms with E-state index in [0.717, 1.165) is 0 Å². The summed E-state index contributed by atoms with van der Waals surface area (Å²) in [5.41, 5.74) is 23.0. The Morgan fingerprint density at radius 1 is 0.643 bits per heavy atom. The standard InChI is InChI=1S/C37H54N10O9/c1-21(2)16-26(33(52)43-25(14-9-15-42-37(40)41)32(51)47-29(36(55)56)19-30(39)49)45-35(54)28(18-23-12-7-4-8-13-23)46-34(53)27(44-31(50)24(38)20-48)17-22-10-5-3-6-11-22/h3-8,10-13,21,24-29,48H,9,14-20,38H2,1-2H3,(H2,39,49)(H,43,52)(H,44,50)(H,45,54)(H,46,53)(H,47,51)(H,55,56)(H4,40,41,42)/t24-,25-,26+,27+,28+,29-/m1/s1. The number of carboxylic acid groups (broad SMARTS) is 1. The molecule has 0 aliphatic carbocycles. The zero-order valence-corrected chi connectivity index (χ0v) is 31.5. The number of nitrogens with two attached hydrogens (primary N) is 4. The van der Waals surface area contributed by atoms with Crippen LogP contribution < -0.4 is 49.5 Å². The molecule has 0 heterocycles. The minimum absolute atomic E-state index is 0.0173. The van der Waals surface area contributed by atoms with E-state index in [1.54, 1.807) is 74.5 Å². The van der Waals surface area contributed by atoms with Gasteiger partial charge in [-0.1, -0.05) is 74.5 Å². The molecule has 0 aliphatic heterocycles. The van der Waals surface area contributed by atoms with Gasteiger partial charge in [0.05, 0.1) is 13.0 Å². The van der Waals surface area contributed by atoms with Crippen LogP contribution in [0.3, 0.4) is 0 Å². The number of aliphatic hydroxyl groups excluding tert-OH is 1. The highest BCUT2D eigenvalue weighted by atomic mass is 16.4. The molecular formula is C37H54N10O9. The molecule has 19 heteroatoms. The summed E-state index contributed by atoms with van der Waals surface area (Å²) >= 11 is 0. The van der Waals surface area contributed by atoms with Crippen molar-refractivity contribution in [2.75, 3.05) is 13.2 Å². The van der Waals surface area contributed by atoms with E-state index in [2.05, 4.69) is 31.6 Å². The Balaban J connectivity index is 2.42. The number of aliphatic hydroxyl groups is 1. The van der Waals surface area contributed by atoms with E-state index >= 15 is 0 Å². The first-order valence-corrected chi connectivity index (χ1v) is 18.0. The van der Waals surface area contributed by atoms with Gasteiger partial charge in [0, 0.05) is 19.4 Å². The fourth-order valence-electron chi connectivity index (χ4n) is 5.45. The Morgan fingerprint density at radius 3 is 1.52 bits per heavy atom. The van der Waals surface area contributed by atoms with Crippen molar-refractivity contribution in [3.05, 3.63) is 71.8 Å². The third kappa shape index (κ3) is 16.9. The third-order valence-electron chi connectivity index (χ3n) is 8.30. The number of hydrogen-bond donors (Lipinski definition) is 11. The van der Waals surface area contributed by atoms with Crippen molar-refractivity contribution in [2.45, 2.75) is 88.6 Å². The highest BCUT2D eigenvalue weighted by molar-refractivity contribution is 5.97. The number of primary amides is 1. The van der Waals surface area contributed by atoms with E-state index in [4.69, 9.17) is 22.9 Å². The van der Waals surface area contributed by atoms with Crippen LogP contribution in [0.15, 0.2) is 65.7 Å². The van der Waals surface area contributed by atoms with Crippen molar-refractivity contribution in [3.63, 3.8) is 0 Å². The maximum Gasteiger partial charge on any atom is 0.326 e. The van der Waals surface area contributed by atoms with Crippen molar-refractivity contribution >= 4 is 47.4 Å². The topological polar surface area (TPSA) is 337 Å². The van der Waals surface area contributed by atoms with E-state index in [1.807, 2.05) is 0 Å². The van der Waals surface area contributed by atoms with Crippen LogP contribution in [-0.4, -0.2) is 107 Å². The lowest BCUT2D eigenvalue weighted by Gasteiger charge is -2.28. The number of hydrogen-bond acceptors (Lipinski definition) is 10. The summed E-state index contributed by atoms with van der Waals surface area (Å²) in [6, 6.07) is 9.41. The van der Waals surface area contributed by atoms with Crippen LogP contribution in [0.2, 0.25) is 0 Å². The molecule has 2 aromatic rings. The average molecular weight is 783 g/mol. The molecule has 0 saturated heterocycles. The third-order valence-corrected chi connectivity index (χ3v) is 8.30. The molecule has 0 spiro atoms. The Hall–Kier alpha value is -6.08. The molecule has 306 valence electrons. The van der Waals surface area contributed by atoms with E-state index in [-0.39, 0.29) is 50.5 Å². The molecular weight excluding hydrogens is 728 g/mol. The number of amides is 6. The maximum atomic E-state index is 14.1. The summed E-state index contributed by atoms with van der Waals surface area (Å²) in [4.78, 5) is 94.9. The molecule has 0 fully saturated rings. The quantitative estimate of drug-likeness (QED) is 0.0294. The van der Waals surface area contributed by atoms with Gasteiger partial charge in [-0.15, -0.1) is 0 Å². The summed E-state index contributed by atoms with van der Waals surface area (Å²) < 4.78 is 0. The number of benzene rings is 2. The van der Waals surface area contributed by atoms with Crippen LogP contribution in [0.25, 0.3) is 0 Å². The smallest absolute Gasteiger partial charge is 0.326 e. The number of nitrogens with one attached hydrogen (secondary N) is 5. The molecule has 6 amide bonds. The number of rotatable bonds is 24. The summed E-state index contributed by atoms with van der Waals surface area (Å²) in [6.45, 7) is 2.99. The van der Waals surface area contributed by atoms with Crippen LogP contribution >= 0.6 is 0 Å². The van der Waals surface area contributed by atoms with Gasteiger partial charge in [-0.3, -0.25) is 33.8 Å². The maximum absolute atomic E-state index is 14.1. The second-order valence-corrected chi connectivity index (χ2v) is 13.6. The Labute approximate surface area is 324 Å². The summed E-state index contributed by atoms with van der Waals surface area (Å²) in [5.74, 6) is -6.91. The summed E-state index contributed by atoms with van der Waals surface area (Å²) in [5, 5.41) is 31.7. The van der Waals surface area contributed by atoms with E-state index in [1.165, 1.54) is 0 Å². The van der Waals surface area contributed by atoms with Crippen LogP contribution in [0.4, 0.5) is 0 Å². The molecule has 6 atom stereocenters. The summed E-state index contributed by atoms with van der Waals surface area (Å²) in [7, 11) is 0. The van der Waals surface area contributed by atoms with Crippen LogP contribution in [0, 0.1) is 5.92 Å². The number of carbonyl (C=O) groups is 7. The number of carboxylic acids is 1. The Bertz CT molecular complexity index is 1660. The number of guanidine groups is 1. The van der Waals surface area contributed by atoms with Gasteiger partial charge in [0.2, 0.25) is 35.4 Å². The number of aliphatic carboxylic acids is 1. The molecule has 0 radical (unpaired) electrons. The number of nitrogens with zero attached hydrogens (tertiary/aromatic N) is 1. The first-order chi connectivity index (χ1) is 26.5. The van der Waals surface area contributed by atoms with Crippen molar-refractivity contribution in [1.29, 1.82) is 0 Å². The van der Waals surface area contributed by atoms with Gasteiger partial charge in [-0.05, 0) is 36.3 Å². The highest BCUT2D eigenvalue weighted by Crippen LogP contribution is 2.11. The lowest BCUT2D eigenvalue weighted by molar-refractivity contribution is -0.143. The molecule has 2 rings (SSSR count). The molecule has 0 unspecified atom stereocenters. The monoisotopic (exact) mass is 782 g/mol. The van der Waals surface area contributed by atoms with Crippen LogP contribution in [0.1, 0.15) is 50.7 Å². The number of carbonyl (C=O) groups excluding carboxylic acids is 6. The molecule has 2 aromatic carbocycles. The average Bonchev–Trinajstić information content (AvgIpc) is 3.14. The summed E-state index contributed by atoms with van der Waals surface area (Å²) in [6.07, 6.45) is -0.537. The van der Waals surface area contributed by atoms with Gasteiger partial charge < -0.3 is 59.7 Å². The van der Waals surface area contributed by atoms with Crippen molar-refractivity contribution in [2.24, 2.45) is 33.8 Å². The SMILES string of the molecule is CC(C)C[C@H](NC(=O)[C@H](Cc1ccccc1)NC(=O)[C@H](Cc1ccccc1)NC(=O)[C@H](N)CO)C(=O)N[C@H](CCCN=C(N)N)C(=O)N[C@H](CC(N)=O)C(=O)O. The fraction of sp³-hybridized carbons (Fsp3) is 0.459. The molecule has 0 aliphatic rings. The second kappa shape index (κ2) is 23.6. The molecule has 56 heavy (non-hydrogen) atoms. The zero-order valence-electron chi connectivity index (χ0n) is 31.5. The molecule has 0 bridgehead atoms. The Morgan fingerprint density at radius 2 is 1.07 bits per heavy atom. The molecule has 0 saturated carbocycles. The molecule has 0 aromatic heterocycles. The minimum Gasteiger partial charge on any atom is -0.480 e. The van der Waals surface area contributed by atoms with Gasteiger partial charge in [0.15, 0.2) is 5.96 Å². The largest absolute Gasteiger partial charge is 0.480 e. The fourth-order valence-corrected chi connectivity index (χ4v) is 5.45. The van der Waals surface area contributed by atoms with E-state index < -0.39 is 90.7 Å². The first kappa shape index (κ1) is 46.1. The lowest BCUT2D eigenvalue weighted by Crippen LogP contribution is -2.60. The van der Waals surface area contributed by atoms with Crippen molar-refractivity contribution in [3.8, 4) is 0 Å². The predicted octanol–water partition coefficient (Wildman–Crippen LogP) is -2.72. The molecule has 19 nitrogen and oxygen atoms in total. The normalized spacial score (nSPS) is 14.1. The predicted molar refractivity (Wildman–Crippen MR) is 206 cm³/mol. The van der Waals surface area contributed by atoms with E-state index in [0.29, 0.717) is 11.1 Å². The van der Waals surface area contributed by atoms with Crippen molar-refractivity contribution < 1.29 is 43.8 Å². The van der Waals surface area contributed by atoms with Gasteiger partial charge in [-0.2, -0.15) is 0 Å². The first-order valence-electron chi connectivity index (χ1n) is 18.0. The Kier molecular flexibility index (Phi) is 19.5. The van der Waals surface area contributed by atoms with Crippen LogP contribution in [-0.2, 0) is 46.4 Å². The van der Waals surface area contributed by atoms with Gasteiger partial charge in [0.1, 0.15) is 36.3 Å². The van der Waals surface area contributed by atoms with Crippen LogP contribution in [0.5, 0.6) is 0 Å². The zero-order chi connectivity index (χ0) is 41.8. The highest BCUT2D eigenvalue weighted by Gasteiger charge is 2.33. The van der Waals surface area contributed by atoms with Gasteiger partial charge in [0.25, 0.3) is 0 Å². The minimum atomic E-state index is -1.68. The van der Waals surface area contributed by atoms with Gasteiger partial charge in [-0.25, -0.2) is 4.79 Å². The van der Waals surface area contributed by atoms with Crippen molar-refractivity contribution in [1.82, 2.24) is 26.6 Å². The molecule has 15 N–H and O–H groups in total. The van der Waals surface area contributed by atoms with Gasteiger partial charge >= 0.3 is 5.97 Å².